The Hall–Kier alpha value is -2.44. The van der Waals surface area contributed by atoms with Crippen LogP contribution < -0.4 is 4.74 Å². The zero-order chi connectivity index (χ0) is 18.6. The Balaban J connectivity index is 1.33. The van der Waals surface area contributed by atoms with Gasteiger partial charge in [-0.1, -0.05) is 35.6 Å². The van der Waals surface area contributed by atoms with Gasteiger partial charge in [0.2, 0.25) is 0 Å². The van der Waals surface area contributed by atoms with Gasteiger partial charge in [-0.25, -0.2) is 4.98 Å². The summed E-state index contributed by atoms with van der Waals surface area (Å²) in [6, 6.07) is 16.7. The van der Waals surface area contributed by atoms with E-state index in [9.17, 15) is 4.79 Å². The number of carbonyl (C=O) groups is 1. The first-order valence-electron chi connectivity index (χ1n) is 9.25. The Morgan fingerprint density at radius 2 is 1.93 bits per heavy atom. The van der Waals surface area contributed by atoms with Gasteiger partial charge in [0, 0.05) is 19.1 Å². The largest absolute Gasteiger partial charge is 0.481 e. The zero-order valence-corrected chi connectivity index (χ0v) is 15.8. The molecule has 27 heavy (non-hydrogen) atoms. The van der Waals surface area contributed by atoms with Crippen LogP contribution in [0.15, 0.2) is 48.5 Å². The molecule has 1 aliphatic rings. The van der Waals surface area contributed by atoms with Crippen molar-refractivity contribution in [3.8, 4) is 10.9 Å². The number of ether oxygens (including phenoxy) is 1. The number of carboxylic acids is 1. The maximum absolute atomic E-state index is 10.8. The number of nitrogens with zero attached hydrogens (tertiary/aromatic N) is 2. The molecule has 0 spiro atoms. The third-order valence-corrected chi connectivity index (χ3v) is 5.68. The van der Waals surface area contributed by atoms with Crippen molar-refractivity contribution in [2.24, 2.45) is 0 Å². The lowest BCUT2D eigenvalue weighted by Crippen LogP contribution is -2.30. The lowest BCUT2D eigenvalue weighted by atomic mass is 10.1. The molecule has 2 aromatic carbocycles. The number of aliphatic carboxylic acids is 1. The third kappa shape index (κ3) is 4.84. The van der Waals surface area contributed by atoms with Crippen molar-refractivity contribution in [2.45, 2.75) is 31.7 Å². The summed E-state index contributed by atoms with van der Waals surface area (Å²) < 4.78 is 7.01. The van der Waals surface area contributed by atoms with E-state index in [4.69, 9.17) is 9.84 Å². The van der Waals surface area contributed by atoms with Gasteiger partial charge < -0.3 is 9.84 Å². The van der Waals surface area contributed by atoms with Crippen molar-refractivity contribution in [1.29, 1.82) is 0 Å². The first kappa shape index (κ1) is 17.9. The minimum absolute atomic E-state index is 0.214. The molecule has 1 aliphatic carbocycles. The predicted octanol–water partition coefficient (Wildman–Crippen LogP) is 4.57. The van der Waals surface area contributed by atoms with Gasteiger partial charge in [-0.3, -0.25) is 9.69 Å². The Kier molecular flexibility index (Phi) is 5.36. The van der Waals surface area contributed by atoms with Crippen molar-refractivity contribution < 1.29 is 14.6 Å². The number of aromatic nitrogens is 1. The fourth-order valence-corrected chi connectivity index (χ4v) is 3.98. The lowest BCUT2D eigenvalue weighted by molar-refractivity contribution is -0.137. The molecule has 0 aliphatic heterocycles. The van der Waals surface area contributed by atoms with Crippen molar-refractivity contribution in [2.75, 3.05) is 13.1 Å². The molecule has 0 atom stereocenters. The van der Waals surface area contributed by atoms with Crippen LogP contribution in [-0.2, 0) is 11.2 Å². The van der Waals surface area contributed by atoms with E-state index in [0.29, 0.717) is 17.8 Å². The van der Waals surface area contributed by atoms with Crippen molar-refractivity contribution in [3.05, 3.63) is 54.1 Å². The number of carboxylic acid groups (broad SMARTS) is 1. The SMILES string of the molecule is O=C(O)CCN(CCc1ccc(Oc2nc3ccccc3s2)cc1)C1CC1. The van der Waals surface area contributed by atoms with Crippen molar-refractivity contribution in [1.82, 2.24) is 9.88 Å². The molecule has 0 bridgehead atoms. The van der Waals surface area contributed by atoms with Crippen LogP contribution in [-0.4, -0.2) is 40.1 Å². The summed E-state index contributed by atoms with van der Waals surface area (Å²) in [4.78, 5) is 17.6. The molecule has 1 aromatic heterocycles. The van der Waals surface area contributed by atoms with Gasteiger partial charge in [-0.2, -0.15) is 0 Å². The minimum atomic E-state index is -0.725. The topological polar surface area (TPSA) is 62.7 Å². The fourth-order valence-electron chi connectivity index (χ4n) is 3.15. The van der Waals surface area contributed by atoms with Crippen LogP contribution in [0.5, 0.6) is 10.9 Å². The molecule has 1 heterocycles. The van der Waals surface area contributed by atoms with Crippen LogP contribution in [0.2, 0.25) is 0 Å². The number of hydrogen-bond donors (Lipinski definition) is 1. The van der Waals surface area contributed by atoms with Crippen LogP contribution >= 0.6 is 11.3 Å². The number of para-hydroxylation sites is 1. The van der Waals surface area contributed by atoms with E-state index in [1.165, 1.54) is 18.4 Å². The molecule has 5 nitrogen and oxygen atoms in total. The Morgan fingerprint density at radius 1 is 1.15 bits per heavy atom. The molecular formula is C21H22N2O3S. The molecule has 6 heteroatoms. The number of benzene rings is 2. The van der Waals surface area contributed by atoms with Crippen LogP contribution in [0.1, 0.15) is 24.8 Å². The zero-order valence-electron chi connectivity index (χ0n) is 15.0. The summed E-state index contributed by atoms with van der Waals surface area (Å²) in [5, 5.41) is 9.55. The second kappa shape index (κ2) is 8.06. The molecule has 0 radical (unpaired) electrons. The van der Waals surface area contributed by atoms with Gasteiger partial charge in [-0.05, 0) is 49.1 Å². The molecule has 0 saturated heterocycles. The van der Waals surface area contributed by atoms with Crippen LogP contribution in [0.4, 0.5) is 0 Å². The van der Waals surface area contributed by atoms with Gasteiger partial charge >= 0.3 is 5.97 Å². The first-order valence-corrected chi connectivity index (χ1v) is 10.1. The number of hydrogen-bond acceptors (Lipinski definition) is 5. The van der Waals surface area contributed by atoms with E-state index < -0.39 is 5.97 Å². The predicted molar refractivity (Wildman–Crippen MR) is 107 cm³/mol. The highest BCUT2D eigenvalue weighted by atomic mass is 32.1. The Bertz CT molecular complexity index is 886. The number of fused-ring (bicyclic) bond motifs is 1. The van der Waals surface area contributed by atoms with E-state index in [0.717, 1.165) is 28.9 Å². The summed E-state index contributed by atoms with van der Waals surface area (Å²) in [6.45, 7) is 1.54. The van der Waals surface area contributed by atoms with Gasteiger partial charge in [-0.15, -0.1) is 0 Å². The van der Waals surface area contributed by atoms with Gasteiger partial charge in [0.1, 0.15) is 5.75 Å². The van der Waals surface area contributed by atoms with Crippen LogP contribution in [0.25, 0.3) is 10.2 Å². The van der Waals surface area contributed by atoms with Crippen LogP contribution in [0, 0.1) is 0 Å². The van der Waals surface area contributed by atoms with E-state index in [1.54, 1.807) is 11.3 Å². The highest BCUT2D eigenvalue weighted by Gasteiger charge is 2.28. The lowest BCUT2D eigenvalue weighted by Gasteiger charge is -2.21. The quantitative estimate of drug-likeness (QED) is 0.587. The Morgan fingerprint density at radius 3 is 2.63 bits per heavy atom. The number of rotatable bonds is 9. The van der Waals surface area contributed by atoms with Gasteiger partial charge in [0.25, 0.3) is 5.19 Å². The first-order chi connectivity index (χ1) is 13.2. The summed E-state index contributed by atoms with van der Waals surface area (Å²) in [7, 11) is 0. The smallest absolute Gasteiger partial charge is 0.304 e. The fraction of sp³-hybridized carbons (Fsp3) is 0.333. The molecule has 0 amide bonds. The molecule has 4 rings (SSSR count). The average Bonchev–Trinajstić information content (AvgIpc) is 3.42. The van der Waals surface area contributed by atoms with E-state index >= 15 is 0 Å². The molecule has 1 fully saturated rings. The number of thiazole rings is 1. The molecule has 0 unspecified atom stereocenters. The highest BCUT2D eigenvalue weighted by molar-refractivity contribution is 7.20. The maximum Gasteiger partial charge on any atom is 0.304 e. The molecule has 140 valence electrons. The summed E-state index contributed by atoms with van der Waals surface area (Å²) in [5.74, 6) is 0.0553. The minimum Gasteiger partial charge on any atom is -0.481 e. The van der Waals surface area contributed by atoms with Gasteiger partial charge in [0.05, 0.1) is 16.6 Å². The molecule has 1 saturated carbocycles. The Labute approximate surface area is 162 Å². The maximum atomic E-state index is 10.8. The van der Waals surface area contributed by atoms with E-state index in [1.807, 2.05) is 36.4 Å². The molecular weight excluding hydrogens is 360 g/mol. The highest BCUT2D eigenvalue weighted by Crippen LogP contribution is 2.31. The molecule has 1 N–H and O–H groups in total. The van der Waals surface area contributed by atoms with E-state index in [2.05, 4.69) is 22.0 Å². The summed E-state index contributed by atoms with van der Waals surface area (Å²) in [5.41, 5.74) is 2.18. The average molecular weight is 382 g/mol. The monoisotopic (exact) mass is 382 g/mol. The standard InChI is InChI=1S/C21H22N2O3S/c24-20(25)12-14-23(16-7-8-16)13-11-15-5-9-17(10-6-15)26-21-22-18-3-1-2-4-19(18)27-21/h1-6,9-10,16H,7-8,11-14H2,(H,24,25). The van der Waals surface area contributed by atoms with Crippen LogP contribution in [0.3, 0.4) is 0 Å². The summed E-state index contributed by atoms with van der Waals surface area (Å²) >= 11 is 1.54. The van der Waals surface area contributed by atoms with Gasteiger partial charge in [0.15, 0.2) is 0 Å². The second-order valence-corrected chi connectivity index (χ2v) is 7.85. The third-order valence-electron chi connectivity index (χ3n) is 4.77. The van der Waals surface area contributed by atoms with Crippen molar-refractivity contribution >= 4 is 27.5 Å². The molecule has 3 aromatic rings. The second-order valence-electron chi connectivity index (χ2n) is 6.85. The van der Waals surface area contributed by atoms with Crippen molar-refractivity contribution in [3.63, 3.8) is 0 Å². The normalized spacial score (nSPS) is 14.0. The van der Waals surface area contributed by atoms with E-state index in [-0.39, 0.29) is 6.42 Å². The summed E-state index contributed by atoms with van der Waals surface area (Å²) in [6.07, 6.45) is 3.51.